The third-order valence-corrected chi connectivity index (χ3v) is 3.16. The van der Waals surface area contributed by atoms with E-state index in [0.29, 0.717) is 35.9 Å². The molecule has 0 saturated heterocycles. The lowest BCUT2D eigenvalue weighted by atomic mass is 10.1. The van der Waals surface area contributed by atoms with E-state index in [1.165, 1.54) is 0 Å². The summed E-state index contributed by atoms with van der Waals surface area (Å²) in [4.78, 5) is 12.2. The van der Waals surface area contributed by atoms with Gasteiger partial charge in [0.15, 0.2) is 11.5 Å². The number of nitrogens with one attached hydrogen (secondary N) is 1. The molecule has 0 aliphatic rings. The summed E-state index contributed by atoms with van der Waals surface area (Å²) in [5.74, 6) is 1.12. The number of para-hydroxylation sites is 1. The van der Waals surface area contributed by atoms with E-state index >= 15 is 0 Å². The second kappa shape index (κ2) is 7.36. The number of benzene rings is 2. The zero-order chi connectivity index (χ0) is 15.9. The van der Waals surface area contributed by atoms with Crippen LogP contribution in [0, 0.1) is 0 Å². The summed E-state index contributed by atoms with van der Waals surface area (Å²) in [6, 6.07) is 12.4. The van der Waals surface area contributed by atoms with Crippen molar-refractivity contribution >= 4 is 11.6 Å². The van der Waals surface area contributed by atoms with Gasteiger partial charge in [-0.05, 0) is 31.2 Å². The lowest BCUT2D eigenvalue weighted by Gasteiger charge is -2.14. The van der Waals surface area contributed by atoms with Crippen molar-refractivity contribution in [2.45, 2.75) is 13.5 Å². The standard InChI is InChI=1S/C17H20N2O3/c1-3-22-16-13(7-5-9-15(16)21-2)11-19-17(20)12-6-4-8-14(18)10-12/h4-10H,3,11,18H2,1-2H3,(H,19,20). The fourth-order valence-electron chi connectivity index (χ4n) is 2.13. The highest BCUT2D eigenvalue weighted by Crippen LogP contribution is 2.31. The van der Waals surface area contributed by atoms with Crippen LogP contribution in [0.1, 0.15) is 22.8 Å². The van der Waals surface area contributed by atoms with Crippen LogP contribution in [0.15, 0.2) is 42.5 Å². The molecule has 0 aliphatic heterocycles. The Hall–Kier alpha value is -2.69. The van der Waals surface area contributed by atoms with Crippen LogP contribution in [-0.4, -0.2) is 19.6 Å². The first kappa shape index (κ1) is 15.7. The van der Waals surface area contributed by atoms with Crippen LogP contribution in [0.25, 0.3) is 0 Å². The highest BCUT2D eigenvalue weighted by atomic mass is 16.5. The number of rotatable bonds is 6. The van der Waals surface area contributed by atoms with Crippen LogP contribution >= 0.6 is 0 Å². The van der Waals surface area contributed by atoms with E-state index in [-0.39, 0.29) is 5.91 Å². The molecule has 0 bridgehead atoms. The van der Waals surface area contributed by atoms with Crippen LogP contribution in [0.2, 0.25) is 0 Å². The minimum absolute atomic E-state index is 0.183. The van der Waals surface area contributed by atoms with Crippen molar-refractivity contribution in [1.82, 2.24) is 5.32 Å². The maximum Gasteiger partial charge on any atom is 0.251 e. The molecule has 0 spiro atoms. The van der Waals surface area contributed by atoms with Gasteiger partial charge in [0, 0.05) is 23.4 Å². The summed E-state index contributed by atoms with van der Waals surface area (Å²) in [5.41, 5.74) is 7.64. The van der Waals surface area contributed by atoms with Gasteiger partial charge in [-0.2, -0.15) is 0 Å². The van der Waals surface area contributed by atoms with E-state index in [1.54, 1.807) is 31.4 Å². The first-order valence-electron chi connectivity index (χ1n) is 7.08. The van der Waals surface area contributed by atoms with Crippen molar-refractivity contribution in [3.8, 4) is 11.5 Å². The van der Waals surface area contributed by atoms with Crippen molar-refractivity contribution in [1.29, 1.82) is 0 Å². The number of anilines is 1. The summed E-state index contributed by atoms with van der Waals surface area (Å²) in [5, 5.41) is 2.86. The van der Waals surface area contributed by atoms with Crippen molar-refractivity contribution in [3.63, 3.8) is 0 Å². The van der Waals surface area contributed by atoms with Gasteiger partial charge in [0.25, 0.3) is 5.91 Å². The maximum atomic E-state index is 12.2. The largest absolute Gasteiger partial charge is 0.493 e. The molecule has 0 saturated carbocycles. The molecule has 0 aliphatic carbocycles. The summed E-state index contributed by atoms with van der Waals surface area (Å²) in [6.45, 7) is 2.78. The molecule has 1 amide bonds. The van der Waals surface area contributed by atoms with Crippen LogP contribution in [0.4, 0.5) is 5.69 Å². The first-order valence-corrected chi connectivity index (χ1v) is 7.08. The molecule has 0 unspecified atom stereocenters. The molecule has 5 heteroatoms. The van der Waals surface area contributed by atoms with E-state index < -0.39 is 0 Å². The van der Waals surface area contributed by atoms with Crippen molar-refractivity contribution in [2.75, 3.05) is 19.5 Å². The molecule has 5 nitrogen and oxygen atoms in total. The molecule has 2 aromatic rings. The van der Waals surface area contributed by atoms with Crippen LogP contribution in [0.5, 0.6) is 11.5 Å². The zero-order valence-corrected chi connectivity index (χ0v) is 12.8. The van der Waals surface area contributed by atoms with Crippen molar-refractivity contribution < 1.29 is 14.3 Å². The Kier molecular flexibility index (Phi) is 5.25. The Morgan fingerprint density at radius 2 is 2.00 bits per heavy atom. The molecule has 2 rings (SSSR count). The monoisotopic (exact) mass is 300 g/mol. The fraction of sp³-hybridized carbons (Fsp3) is 0.235. The average molecular weight is 300 g/mol. The third-order valence-electron chi connectivity index (χ3n) is 3.16. The Morgan fingerprint density at radius 3 is 2.68 bits per heavy atom. The predicted octanol–water partition coefficient (Wildman–Crippen LogP) is 2.61. The van der Waals surface area contributed by atoms with E-state index in [2.05, 4.69) is 5.32 Å². The number of hydrogen-bond acceptors (Lipinski definition) is 4. The van der Waals surface area contributed by atoms with Crippen LogP contribution < -0.4 is 20.5 Å². The minimum atomic E-state index is -0.183. The van der Waals surface area contributed by atoms with Gasteiger partial charge < -0.3 is 20.5 Å². The lowest BCUT2D eigenvalue weighted by Crippen LogP contribution is -2.23. The van der Waals surface area contributed by atoms with Gasteiger partial charge in [0.1, 0.15) is 0 Å². The number of methoxy groups -OCH3 is 1. The molecule has 0 atom stereocenters. The van der Waals surface area contributed by atoms with Gasteiger partial charge in [0.05, 0.1) is 13.7 Å². The fourth-order valence-corrected chi connectivity index (χ4v) is 2.13. The Morgan fingerprint density at radius 1 is 1.23 bits per heavy atom. The number of nitrogens with two attached hydrogens (primary N) is 1. The Labute approximate surface area is 130 Å². The molecule has 22 heavy (non-hydrogen) atoms. The van der Waals surface area contributed by atoms with E-state index in [0.717, 1.165) is 5.56 Å². The molecule has 0 radical (unpaired) electrons. The lowest BCUT2D eigenvalue weighted by molar-refractivity contribution is 0.0950. The zero-order valence-electron chi connectivity index (χ0n) is 12.8. The maximum absolute atomic E-state index is 12.2. The summed E-state index contributed by atoms with van der Waals surface area (Å²) >= 11 is 0. The highest BCUT2D eigenvalue weighted by Gasteiger charge is 2.12. The summed E-state index contributed by atoms with van der Waals surface area (Å²) < 4.78 is 10.9. The minimum Gasteiger partial charge on any atom is -0.493 e. The third kappa shape index (κ3) is 3.69. The molecule has 0 heterocycles. The van der Waals surface area contributed by atoms with Gasteiger partial charge >= 0.3 is 0 Å². The van der Waals surface area contributed by atoms with E-state index in [1.807, 2.05) is 25.1 Å². The quantitative estimate of drug-likeness (QED) is 0.804. The average Bonchev–Trinajstić information content (AvgIpc) is 2.53. The number of ether oxygens (including phenoxy) is 2. The molecule has 0 fully saturated rings. The Balaban J connectivity index is 2.12. The number of nitrogen functional groups attached to an aromatic ring is 1. The highest BCUT2D eigenvalue weighted by molar-refractivity contribution is 5.94. The second-order valence-corrected chi connectivity index (χ2v) is 4.69. The van der Waals surface area contributed by atoms with Crippen LogP contribution in [0.3, 0.4) is 0 Å². The molecular weight excluding hydrogens is 280 g/mol. The normalized spacial score (nSPS) is 10.1. The topological polar surface area (TPSA) is 73.6 Å². The summed E-state index contributed by atoms with van der Waals surface area (Å²) in [7, 11) is 1.59. The van der Waals surface area contributed by atoms with E-state index in [4.69, 9.17) is 15.2 Å². The molecule has 0 aromatic heterocycles. The number of amides is 1. The van der Waals surface area contributed by atoms with Gasteiger partial charge in [0.2, 0.25) is 0 Å². The molecule has 2 aromatic carbocycles. The van der Waals surface area contributed by atoms with Crippen molar-refractivity contribution in [2.24, 2.45) is 0 Å². The number of carbonyl (C=O) groups is 1. The molecular formula is C17H20N2O3. The first-order chi connectivity index (χ1) is 10.7. The van der Waals surface area contributed by atoms with Crippen molar-refractivity contribution in [3.05, 3.63) is 53.6 Å². The Bertz CT molecular complexity index is 656. The molecule has 3 N–H and O–H groups in total. The second-order valence-electron chi connectivity index (χ2n) is 4.69. The molecule has 116 valence electrons. The van der Waals surface area contributed by atoms with E-state index in [9.17, 15) is 4.79 Å². The number of hydrogen-bond donors (Lipinski definition) is 2. The predicted molar refractivity (Wildman–Crippen MR) is 86.2 cm³/mol. The smallest absolute Gasteiger partial charge is 0.251 e. The van der Waals surface area contributed by atoms with Gasteiger partial charge in [-0.15, -0.1) is 0 Å². The number of carbonyl (C=O) groups excluding carboxylic acids is 1. The SMILES string of the molecule is CCOc1c(CNC(=O)c2cccc(N)c2)cccc1OC. The van der Waals surface area contributed by atoms with Gasteiger partial charge in [-0.25, -0.2) is 0 Å². The summed E-state index contributed by atoms with van der Waals surface area (Å²) in [6.07, 6.45) is 0. The van der Waals surface area contributed by atoms with Crippen LogP contribution in [-0.2, 0) is 6.54 Å². The van der Waals surface area contributed by atoms with Gasteiger partial charge in [-0.3, -0.25) is 4.79 Å². The van der Waals surface area contributed by atoms with Gasteiger partial charge in [-0.1, -0.05) is 18.2 Å².